The van der Waals surface area contributed by atoms with E-state index in [4.69, 9.17) is 0 Å². The number of anilines is 2. The fourth-order valence-electron chi connectivity index (χ4n) is 2.54. The number of aryl methyl sites for hydroxylation is 2. The fraction of sp³-hybridized carbons (Fsp3) is 0.300. The lowest BCUT2D eigenvalue weighted by molar-refractivity contribution is 0.203. The zero-order valence-corrected chi connectivity index (χ0v) is 16.1. The molecule has 150 valence electrons. The van der Waals surface area contributed by atoms with Crippen molar-refractivity contribution in [3.05, 3.63) is 59.7 Å². The summed E-state index contributed by atoms with van der Waals surface area (Å²) in [5, 5.41) is 26.2. The summed E-state index contributed by atoms with van der Waals surface area (Å²) in [7, 11) is 0. The molecule has 0 atom stereocenters. The van der Waals surface area contributed by atoms with Gasteiger partial charge in [-0.2, -0.15) is 10.1 Å². The molecule has 0 heterocycles. The van der Waals surface area contributed by atoms with Gasteiger partial charge in [0.1, 0.15) is 0 Å². The van der Waals surface area contributed by atoms with Gasteiger partial charge in [0.15, 0.2) is 0 Å². The van der Waals surface area contributed by atoms with Gasteiger partial charge in [-0.1, -0.05) is 24.3 Å². The van der Waals surface area contributed by atoms with Gasteiger partial charge in [0.05, 0.1) is 11.4 Å². The van der Waals surface area contributed by atoms with Crippen LogP contribution in [-0.4, -0.2) is 35.6 Å². The second-order valence-electron chi connectivity index (χ2n) is 6.47. The Balaban J connectivity index is 1.65. The van der Waals surface area contributed by atoms with Crippen molar-refractivity contribution in [3.8, 4) is 0 Å². The van der Waals surface area contributed by atoms with E-state index >= 15 is 0 Å². The Bertz CT molecular complexity index is 745. The summed E-state index contributed by atoms with van der Waals surface area (Å²) in [6, 6.07) is 12.7. The van der Waals surface area contributed by atoms with Crippen LogP contribution in [0.5, 0.6) is 0 Å². The number of rotatable bonds is 7. The van der Waals surface area contributed by atoms with Crippen LogP contribution in [0.1, 0.15) is 24.0 Å². The van der Waals surface area contributed by atoms with E-state index in [2.05, 4.69) is 10.6 Å². The van der Waals surface area contributed by atoms with E-state index in [1.807, 2.05) is 26.0 Å². The molecular weight excluding hydrogens is 360 g/mol. The van der Waals surface area contributed by atoms with Crippen molar-refractivity contribution in [3.63, 3.8) is 0 Å². The van der Waals surface area contributed by atoms with Crippen molar-refractivity contribution in [2.24, 2.45) is 0 Å². The Kier molecular flexibility index (Phi) is 7.79. The average Bonchev–Trinajstić information content (AvgIpc) is 2.69. The Hall–Kier alpha value is -3.10. The lowest BCUT2D eigenvalue weighted by atomic mass is 10.2. The molecule has 0 fully saturated rings. The standard InChI is InChI=1S/C20H26N4O4/c1-15-7-5-9-17(13-15)23(27)19(25)21-11-3-4-12-22-20(26)24(28)18-10-6-8-16(2)14-18/h5-10,13-14,27-28H,3-4,11-12H2,1-2H3,(H,21,25)(H,22,26). The third-order valence-electron chi connectivity index (χ3n) is 4.03. The SMILES string of the molecule is Cc1cccc(N(O)C(=O)NCCCCNC(=O)N(O)c2cccc(C)c2)c1. The topological polar surface area (TPSA) is 105 Å². The van der Waals surface area contributed by atoms with Crippen molar-refractivity contribution in [1.29, 1.82) is 0 Å². The number of amides is 4. The van der Waals surface area contributed by atoms with Crippen LogP contribution in [0, 0.1) is 13.8 Å². The van der Waals surface area contributed by atoms with Crippen LogP contribution in [0.3, 0.4) is 0 Å². The first kappa shape index (κ1) is 21.2. The van der Waals surface area contributed by atoms with E-state index in [1.54, 1.807) is 36.4 Å². The van der Waals surface area contributed by atoms with Gasteiger partial charge in [-0.15, -0.1) is 0 Å². The van der Waals surface area contributed by atoms with E-state index in [1.165, 1.54) is 0 Å². The third-order valence-corrected chi connectivity index (χ3v) is 4.03. The summed E-state index contributed by atoms with van der Waals surface area (Å²) >= 11 is 0. The third kappa shape index (κ3) is 6.26. The molecule has 4 N–H and O–H groups in total. The van der Waals surface area contributed by atoms with Gasteiger partial charge in [0.25, 0.3) is 0 Å². The quantitative estimate of drug-likeness (QED) is 0.331. The number of benzene rings is 2. The van der Waals surface area contributed by atoms with Crippen LogP contribution in [0.4, 0.5) is 21.0 Å². The molecular formula is C20H26N4O4. The Morgan fingerprint density at radius 3 is 1.54 bits per heavy atom. The largest absolute Gasteiger partial charge is 0.345 e. The predicted octanol–water partition coefficient (Wildman–Crippen LogP) is 3.59. The highest BCUT2D eigenvalue weighted by Crippen LogP contribution is 2.14. The Labute approximate surface area is 164 Å². The lowest BCUT2D eigenvalue weighted by Crippen LogP contribution is -2.39. The number of urea groups is 2. The van der Waals surface area contributed by atoms with Crippen LogP contribution < -0.4 is 20.8 Å². The zero-order chi connectivity index (χ0) is 20.5. The van der Waals surface area contributed by atoms with Gasteiger partial charge >= 0.3 is 12.1 Å². The van der Waals surface area contributed by atoms with Gasteiger partial charge in [0, 0.05) is 13.1 Å². The predicted molar refractivity (Wildman–Crippen MR) is 107 cm³/mol. The molecule has 2 rings (SSSR count). The molecule has 4 amide bonds. The van der Waals surface area contributed by atoms with Crippen molar-refractivity contribution >= 4 is 23.4 Å². The molecule has 8 nitrogen and oxygen atoms in total. The summed E-state index contributed by atoms with van der Waals surface area (Å²) < 4.78 is 0. The molecule has 0 bridgehead atoms. The molecule has 0 aliphatic rings. The second-order valence-corrected chi connectivity index (χ2v) is 6.47. The zero-order valence-electron chi connectivity index (χ0n) is 16.1. The van der Waals surface area contributed by atoms with E-state index in [0.717, 1.165) is 11.1 Å². The van der Waals surface area contributed by atoms with Crippen LogP contribution in [0.2, 0.25) is 0 Å². The van der Waals surface area contributed by atoms with E-state index in [0.29, 0.717) is 47.4 Å². The molecule has 28 heavy (non-hydrogen) atoms. The first-order chi connectivity index (χ1) is 13.4. The molecule has 0 aromatic heterocycles. The van der Waals surface area contributed by atoms with Gasteiger partial charge in [-0.25, -0.2) is 9.59 Å². The number of carbonyl (C=O) groups excluding carboxylic acids is 2. The Morgan fingerprint density at radius 2 is 1.18 bits per heavy atom. The number of nitrogens with zero attached hydrogens (tertiary/aromatic N) is 2. The second kappa shape index (κ2) is 10.3. The highest BCUT2D eigenvalue weighted by Gasteiger charge is 2.13. The monoisotopic (exact) mass is 386 g/mol. The fourth-order valence-corrected chi connectivity index (χ4v) is 2.54. The molecule has 8 heteroatoms. The lowest BCUT2D eigenvalue weighted by Gasteiger charge is -2.17. The normalized spacial score (nSPS) is 10.3. The molecule has 0 saturated carbocycles. The molecule has 0 aliphatic heterocycles. The minimum atomic E-state index is -0.615. The van der Waals surface area contributed by atoms with Gasteiger partial charge in [-0.05, 0) is 62.1 Å². The van der Waals surface area contributed by atoms with Crippen LogP contribution in [0.15, 0.2) is 48.5 Å². The van der Waals surface area contributed by atoms with E-state index < -0.39 is 12.1 Å². The maximum atomic E-state index is 11.9. The number of unbranched alkanes of at least 4 members (excludes halogenated alkanes) is 1. The van der Waals surface area contributed by atoms with Crippen molar-refractivity contribution in [1.82, 2.24) is 10.6 Å². The highest BCUT2D eigenvalue weighted by molar-refractivity contribution is 5.90. The maximum Gasteiger partial charge on any atom is 0.345 e. The molecule has 0 spiro atoms. The average molecular weight is 386 g/mol. The van der Waals surface area contributed by atoms with E-state index in [9.17, 15) is 20.0 Å². The van der Waals surface area contributed by atoms with Crippen molar-refractivity contribution < 1.29 is 20.0 Å². The molecule has 0 aliphatic carbocycles. The number of hydrogen-bond donors (Lipinski definition) is 4. The molecule has 2 aromatic rings. The minimum absolute atomic E-state index is 0.346. The van der Waals surface area contributed by atoms with Crippen molar-refractivity contribution in [2.75, 3.05) is 23.2 Å². The number of nitrogens with one attached hydrogen (secondary N) is 2. The molecule has 0 unspecified atom stereocenters. The molecule has 2 aromatic carbocycles. The van der Waals surface area contributed by atoms with Crippen LogP contribution in [0.25, 0.3) is 0 Å². The number of hydroxylamine groups is 2. The molecule has 0 saturated heterocycles. The van der Waals surface area contributed by atoms with Crippen molar-refractivity contribution in [2.45, 2.75) is 26.7 Å². The molecule has 0 radical (unpaired) electrons. The smallest absolute Gasteiger partial charge is 0.336 e. The Morgan fingerprint density at radius 1 is 0.786 bits per heavy atom. The van der Waals surface area contributed by atoms with Crippen LogP contribution >= 0.6 is 0 Å². The first-order valence-corrected chi connectivity index (χ1v) is 9.05. The van der Waals surface area contributed by atoms with Gasteiger partial charge < -0.3 is 10.6 Å². The summed E-state index contributed by atoms with van der Waals surface area (Å²) in [6.07, 6.45) is 1.20. The first-order valence-electron chi connectivity index (χ1n) is 9.05. The van der Waals surface area contributed by atoms with E-state index in [-0.39, 0.29) is 0 Å². The summed E-state index contributed by atoms with van der Waals surface area (Å²) in [4.78, 5) is 23.8. The summed E-state index contributed by atoms with van der Waals surface area (Å²) in [6.45, 7) is 4.43. The van der Waals surface area contributed by atoms with Crippen LogP contribution in [-0.2, 0) is 0 Å². The summed E-state index contributed by atoms with van der Waals surface area (Å²) in [5.41, 5.74) is 2.65. The number of hydrogen-bond acceptors (Lipinski definition) is 4. The number of carbonyl (C=O) groups is 2. The summed E-state index contributed by atoms with van der Waals surface area (Å²) in [5.74, 6) is 0. The van der Waals surface area contributed by atoms with Gasteiger partial charge in [0.2, 0.25) is 0 Å². The highest BCUT2D eigenvalue weighted by atomic mass is 16.5. The van der Waals surface area contributed by atoms with Gasteiger partial charge in [-0.3, -0.25) is 10.4 Å². The maximum absolute atomic E-state index is 11.9. The minimum Gasteiger partial charge on any atom is -0.336 e.